The lowest BCUT2D eigenvalue weighted by Crippen LogP contribution is -2.29. The van der Waals surface area contributed by atoms with E-state index in [-0.39, 0.29) is 5.91 Å². The van der Waals surface area contributed by atoms with Crippen molar-refractivity contribution >= 4 is 34.3 Å². The Labute approximate surface area is 156 Å². The van der Waals surface area contributed by atoms with Crippen molar-refractivity contribution in [2.24, 2.45) is 0 Å². The molecule has 0 fully saturated rings. The largest absolute Gasteiger partial charge is 0.378 e. The van der Waals surface area contributed by atoms with Crippen LogP contribution in [0.2, 0.25) is 0 Å². The number of aromatic nitrogens is 1. The number of rotatable bonds is 6. The van der Waals surface area contributed by atoms with Crippen LogP contribution in [0.25, 0.3) is 9.88 Å². The molecule has 4 nitrogen and oxygen atoms in total. The standard InChI is InChI=1S/C19H21N3OS2/c1-4-22(13-14-7-9-15(10-8-14)21(2)3)19(23)17-12-20-18(25-17)16-6-5-11-24-16/h5-12H,4,13H2,1-3H3. The Morgan fingerprint density at radius 3 is 2.52 bits per heavy atom. The summed E-state index contributed by atoms with van der Waals surface area (Å²) in [5, 5.41) is 2.93. The average molecular weight is 372 g/mol. The van der Waals surface area contributed by atoms with Gasteiger partial charge in [0.05, 0.1) is 11.1 Å². The van der Waals surface area contributed by atoms with Gasteiger partial charge in [-0.1, -0.05) is 18.2 Å². The van der Waals surface area contributed by atoms with E-state index in [9.17, 15) is 4.79 Å². The van der Waals surface area contributed by atoms with Crippen LogP contribution in [0.1, 0.15) is 22.2 Å². The van der Waals surface area contributed by atoms with E-state index in [0.717, 1.165) is 21.1 Å². The van der Waals surface area contributed by atoms with Crippen molar-refractivity contribution in [2.45, 2.75) is 13.5 Å². The SMILES string of the molecule is CCN(Cc1ccc(N(C)C)cc1)C(=O)c1cnc(-c2cccs2)s1. The molecule has 0 saturated heterocycles. The number of carbonyl (C=O) groups is 1. The van der Waals surface area contributed by atoms with E-state index in [1.807, 2.05) is 43.4 Å². The van der Waals surface area contributed by atoms with Gasteiger partial charge in [-0.2, -0.15) is 0 Å². The Bertz CT molecular complexity index is 823. The second-order valence-electron chi connectivity index (χ2n) is 5.89. The summed E-state index contributed by atoms with van der Waals surface area (Å²) in [6, 6.07) is 12.3. The highest BCUT2D eigenvalue weighted by Crippen LogP contribution is 2.29. The van der Waals surface area contributed by atoms with E-state index >= 15 is 0 Å². The molecule has 25 heavy (non-hydrogen) atoms. The zero-order valence-electron chi connectivity index (χ0n) is 14.6. The zero-order valence-corrected chi connectivity index (χ0v) is 16.2. The van der Waals surface area contributed by atoms with Crippen molar-refractivity contribution in [1.29, 1.82) is 0 Å². The van der Waals surface area contributed by atoms with E-state index in [1.54, 1.807) is 17.5 Å². The molecule has 0 aliphatic rings. The van der Waals surface area contributed by atoms with Gasteiger partial charge in [0.15, 0.2) is 0 Å². The summed E-state index contributed by atoms with van der Waals surface area (Å²) in [4.78, 5) is 23.0. The van der Waals surface area contributed by atoms with Gasteiger partial charge in [0.2, 0.25) is 0 Å². The minimum absolute atomic E-state index is 0.0412. The molecule has 3 aromatic rings. The van der Waals surface area contributed by atoms with Crippen LogP contribution in [0.3, 0.4) is 0 Å². The van der Waals surface area contributed by atoms with E-state index in [1.165, 1.54) is 11.3 Å². The predicted octanol–water partition coefficient (Wildman–Crippen LogP) is 4.60. The fraction of sp³-hybridized carbons (Fsp3) is 0.263. The van der Waals surface area contributed by atoms with E-state index in [0.29, 0.717) is 18.0 Å². The van der Waals surface area contributed by atoms with Gasteiger partial charge in [-0.15, -0.1) is 22.7 Å². The molecule has 0 aliphatic carbocycles. The molecule has 130 valence electrons. The Morgan fingerprint density at radius 2 is 1.92 bits per heavy atom. The average Bonchev–Trinajstić information content (AvgIpc) is 3.30. The molecule has 1 aromatic carbocycles. The molecule has 0 N–H and O–H groups in total. The molecular formula is C19H21N3OS2. The minimum atomic E-state index is 0.0412. The van der Waals surface area contributed by atoms with Crippen molar-refractivity contribution < 1.29 is 4.79 Å². The predicted molar refractivity (Wildman–Crippen MR) is 107 cm³/mol. The molecule has 0 atom stereocenters. The molecule has 0 spiro atoms. The molecule has 1 amide bonds. The van der Waals surface area contributed by atoms with Gasteiger partial charge in [-0.25, -0.2) is 4.98 Å². The van der Waals surface area contributed by atoms with Crippen molar-refractivity contribution in [3.63, 3.8) is 0 Å². The van der Waals surface area contributed by atoms with Crippen LogP contribution >= 0.6 is 22.7 Å². The van der Waals surface area contributed by atoms with Gasteiger partial charge in [-0.3, -0.25) is 4.79 Å². The maximum Gasteiger partial charge on any atom is 0.265 e. The first-order valence-electron chi connectivity index (χ1n) is 8.13. The number of thiophene rings is 1. The molecule has 0 aliphatic heterocycles. The number of hydrogen-bond donors (Lipinski definition) is 0. The third kappa shape index (κ3) is 4.08. The third-order valence-corrected chi connectivity index (χ3v) is 5.97. The number of nitrogens with zero attached hydrogens (tertiary/aromatic N) is 3. The Hall–Kier alpha value is -2.18. The van der Waals surface area contributed by atoms with Crippen molar-refractivity contribution in [2.75, 3.05) is 25.5 Å². The molecule has 0 radical (unpaired) electrons. The topological polar surface area (TPSA) is 36.4 Å². The highest BCUT2D eigenvalue weighted by Gasteiger charge is 2.18. The molecule has 0 bridgehead atoms. The molecule has 3 rings (SSSR count). The molecule has 2 aromatic heterocycles. The van der Waals surface area contributed by atoms with Crippen LogP contribution in [-0.4, -0.2) is 36.4 Å². The van der Waals surface area contributed by atoms with Crippen LogP contribution in [0.4, 0.5) is 5.69 Å². The van der Waals surface area contributed by atoms with Gasteiger partial charge in [-0.05, 0) is 36.1 Å². The summed E-state index contributed by atoms with van der Waals surface area (Å²) >= 11 is 3.10. The summed E-state index contributed by atoms with van der Waals surface area (Å²) in [7, 11) is 4.04. The Balaban J connectivity index is 1.73. The van der Waals surface area contributed by atoms with Crippen molar-refractivity contribution in [3.8, 4) is 9.88 Å². The van der Waals surface area contributed by atoms with Crippen LogP contribution < -0.4 is 4.90 Å². The van der Waals surface area contributed by atoms with Crippen LogP contribution in [-0.2, 0) is 6.54 Å². The normalized spacial score (nSPS) is 10.7. The van der Waals surface area contributed by atoms with Gasteiger partial charge in [0.25, 0.3) is 5.91 Å². The van der Waals surface area contributed by atoms with E-state index in [4.69, 9.17) is 0 Å². The summed E-state index contributed by atoms with van der Waals surface area (Å²) in [6.07, 6.45) is 1.69. The fourth-order valence-electron chi connectivity index (χ4n) is 2.49. The number of carbonyl (C=O) groups excluding carboxylic acids is 1. The van der Waals surface area contributed by atoms with Crippen molar-refractivity contribution in [1.82, 2.24) is 9.88 Å². The highest BCUT2D eigenvalue weighted by atomic mass is 32.1. The third-order valence-electron chi connectivity index (χ3n) is 3.94. The summed E-state index contributed by atoms with van der Waals surface area (Å²) in [6.45, 7) is 3.28. The van der Waals surface area contributed by atoms with E-state index < -0.39 is 0 Å². The Kier molecular flexibility index (Phi) is 5.50. The maximum atomic E-state index is 12.8. The fourth-order valence-corrected chi connectivity index (χ4v) is 4.18. The molecule has 6 heteroatoms. The molecule has 0 saturated carbocycles. The second-order valence-corrected chi connectivity index (χ2v) is 7.87. The minimum Gasteiger partial charge on any atom is -0.378 e. The maximum absolute atomic E-state index is 12.8. The lowest BCUT2D eigenvalue weighted by Gasteiger charge is -2.20. The first-order valence-corrected chi connectivity index (χ1v) is 9.83. The van der Waals surface area contributed by atoms with Gasteiger partial charge < -0.3 is 9.80 Å². The van der Waals surface area contributed by atoms with Gasteiger partial charge in [0.1, 0.15) is 9.88 Å². The zero-order chi connectivity index (χ0) is 17.8. The molecular weight excluding hydrogens is 350 g/mol. The van der Waals surface area contributed by atoms with Crippen LogP contribution in [0, 0.1) is 0 Å². The number of hydrogen-bond acceptors (Lipinski definition) is 5. The van der Waals surface area contributed by atoms with Crippen molar-refractivity contribution in [3.05, 3.63) is 58.4 Å². The van der Waals surface area contributed by atoms with E-state index in [2.05, 4.69) is 34.1 Å². The molecule has 2 heterocycles. The Morgan fingerprint density at radius 1 is 1.16 bits per heavy atom. The first-order chi connectivity index (χ1) is 12.1. The summed E-state index contributed by atoms with van der Waals surface area (Å²) < 4.78 is 0. The quantitative estimate of drug-likeness (QED) is 0.635. The lowest BCUT2D eigenvalue weighted by atomic mass is 10.2. The van der Waals surface area contributed by atoms with Crippen LogP contribution in [0.15, 0.2) is 48.0 Å². The number of thiazole rings is 1. The highest BCUT2D eigenvalue weighted by molar-refractivity contribution is 7.21. The lowest BCUT2D eigenvalue weighted by molar-refractivity contribution is 0.0757. The number of benzene rings is 1. The van der Waals surface area contributed by atoms with Crippen LogP contribution in [0.5, 0.6) is 0 Å². The smallest absolute Gasteiger partial charge is 0.265 e. The number of anilines is 1. The van der Waals surface area contributed by atoms with Gasteiger partial charge in [0, 0.05) is 32.9 Å². The second kappa shape index (κ2) is 7.80. The first kappa shape index (κ1) is 17.6. The summed E-state index contributed by atoms with van der Waals surface area (Å²) in [5.41, 5.74) is 2.28. The molecule has 0 unspecified atom stereocenters. The number of amides is 1. The summed E-state index contributed by atoms with van der Waals surface area (Å²) in [5.74, 6) is 0.0412. The van der Waals surface area contributed by atoms with Gasteiger partial charge >= 0.3 is 0 Å². The monoisotopic (exact) mass is 371 g/mol.